The summed E-state index contributed by atoms with van der Waals surface area (Å²) in [6, 6.07) is 9.72. The Morgan fingerprint density at radius 1 is 1.07 bits per heavy atom. The number of carbonyl (C=O) groups excluding carboxylic acids is 2. The Morgan fingerprint density at radius 3 is 2.53 bits per heavy atom. The third-order valence-electron chi connectivity index (χ3n) is 4.72. The van der Waals surface area contributed by atoms with E-state index in [-0.39, 0.29) is 17.7 Å². The van der Waals surface area contributed by atoms with E-state index in [0.29, 0.717) is 53.3 Å². The first-order valence-electron chi connectivity index (χ1n) is 9.78. The normalized spacial score (nSPS) is 13.6. The lowest BCUT2D eigenvalue weighted by molar-refractivity contribution is -0.123. The van der Waals surface area contributed by atoms with Crippen LogP contribution in [0.25, 0.3) is 0 Å². The smallest absolute Gasteiger partial charge is 0.253 e. The Kier molecular flexibility index (Phi) is 7.45. The van der Waals surface area contributed by atoms with Crippen molar-refractivity contribution in [3.63, 3.8) is 0 Å². The Hall–Kier alpha value is -2.44. The molecule has 0 radical (unpaired) electrons. The Balaban J connectivity index is 1.59. The van der Waals surface area contributed by atoms with E-state index in [0.717, 1.165) is 5.56 Å². The molecule has 2 aromatic carbocycles. The van der Waals surface area contributed by atoms with Gasteiger partial charge >= 0.3 is 0 Å². The van der Waals surface area contributed by atoms with Gasteiger partial charge in [0.15, 0.2) is 11.5 Å². The second kappa shape index (κ2) is 10.0. The molecule has 0 aromatic heterocycles. The minimum atomic E-state index is -0.683. The molecule has 1 aliphatic rings. The van der Waals surface area contributed by atoms with Gasteiger partial charge in [0.1, 0.15) is 19.3 Å². The molecule has 30 heavy (non-hydrogen) atoms. The number of amides is 2. The van der Waals surface area contributed by atoms with Crippen molar-refractivity contribution >= 4 is 35.0 Å². The summed E-state index contributed by atoms with van der Waals surface area (Å²) in [7, 11) is 0. The quantitative estimate of drug-likeness (QED) is 0.670. The second-order valence-electron chi connectivity index (χ2n) is 7.32. The summed E-state index contributed by atoms with van der Waals surface area (Å²) in [6.45, 7) is 5.08. The molecular weight excluding hydrogens is 427 g/mol. The number of fused-ring (bicyclic) bond motifs is 1. The minimum Gasteiger partial charge on any atom is -0.486 e. The summed E-state index contributed by atoms with van der Waals surface area (Å²) in [4.78, 5) is 25.2. The van der Waals surface area contributed by atoms with Gasteiger partial charge in [-0.25, -0.2) is 0 Å². The molecule has 8 heteroatoms. The second-order valence-corrected chi connectivity index (χ2v) is 8.13. The van der Waals surface area contributed by atoms with Gasteiger partial charge in [-0.2, -0.15) is 0 Å². The van der Waals surface area contributed by atoms with Gasteiger partial charge in [-0.3, -0.25) is 9.59 Å². The molecule has 0 spiro atoms. The first-order chi connectivity index (χ1) is 14.4. The number of halogens is 2. The average Bonchev–Trinajstić information content (AvgIpc) is 2.72. The maximum absolute atomic E-state index is 12.7. The van der Waals surface area contributed by atoms with Crippen molar-refractivity contribution in [1.82, 2.24) is 10.6 Å². The molecule has 0 bridgehead atoms. The zero-order valence-electron chi connectivity index (χ0n) is 16.8. The summed E-state index contributed by atoms with van der Waals surface area (Å²) in [5.41, 5.74) is 1.26. The van der Waals surface area contributed by atoms with E-state index in [1.165, 1.54) is 0 Å². The van der Waals surface area contributed by atoms with Gasteiger partial charge in [0.2, 0.25) is 5.91 Å². The Morgan fingerprint density at radius 2 is 1.80 bits per heavy atom. The van der Waals surface area contributed by atoms with Crippen LogP contribution in [-0.2, 0) is 11.2 Å². The molecule has 3 rings (SSSR count). The van der Waals surface area contributed by atoms with Crippen LogP contribution < -0.4 is 20.1 Å². The van der Waals surface area contributed by atoms with Crippen molar-refractivity contribution in [3.8, 4) is 11.5 Å². The molecular formula is C22H24Cl2N2O4. The van der Waals surface area contributed by atoms with E-state index in [4.69, 9.17) is 32.7 Å². The van der Waals surface area contributed by atoms with Crippen LogP contribution in [0.3, 0.4) is 0 Å². The molecule has 1 heterocycles. The number of hydrogen-bond acceptors (Lipinski definition) is 4. The van der Waals surface area contributed by atoms with Crippen LogP contribution in [-0.4, -0.2) is 37.6 Å². The number of hydrogen-bond donors (Lipinski definition) is 2. The zero-order valence-corrected chi connectivity index (χ0v) is 18.3. The Bertz CT molecular complexity index is 933. The topological polar surface area (TPSA) is 76.7 Å². The van der Waals surface area contributed by atoms with Crippen molar-refractivity contribution in [2.24, 2.45) is 5.92 Å². The molecule has 160 valence electrons. The molecule has 0 fully saturated rings. The largest absolute Gasteiger partial charge is 0.486 e. The van der Waals surface area contributed by atoms with E-state index in [2.05, 4.69) is 10.6 Å². The number of benzene rings is 2. The maximum atomic E-state index is 12.7. The highest BCUT2D eigenvalue weighted by atomic mass is 35.5. The van der Waals surface area contributed by atoms with Crippen molar-refractivity contribution in [2.45, 2.75) is 26.3 Å². The molecule has 6 nitrogen and oxygen atoms in total. The van der Waals surface area contributed by atoms with E-state index in [1.807, 2.05) is 19.9 Å². The molecule has 2 amide bonds. The molecule has 0 unspecified atom stereocenters. The highest BCUT2D eigenvalue weighted by Gasteiger charge is 2.25. The van der Waals surface area contributed by atoms with Crippen LogP contribution in [0.1, 0.15) is 29.8 Å². The standard InChI is InChI=1S/C22H24Cl2N2O4/c1-13(2)19(26-21(27)15-5-3-4-6-16(15)23)22(28)25-8-7-14-11-17(24)20-18(12-14)29-9-10-30-20/h3-6,11-13,19H,7-10H2,1-2H3,(H,25,28)(H,26,27)/t19-/m0/s1. The fraction of sp³-hybridized carbons (Fsp3) is 0.364. The number of ether oxygens (including phenoxy) is 2. The van der Waals surface area contributed by atoms with Crippen LogP contribution in [0.5, 0.6) is 11.5 Å². The number of nitrogens with one attached hydrogen (secondary N) is 2. The summed E-state index contributed by atoms with van der Waals surface area (Å²) in [6.07, 6.45) is 0.561. The molecule has 0 saturated heterocycles. The molecule has 0 aliphatic carbocycles. The van der Waals surface area contributed by atoms with Crippen molar-refractivity contribution in [2.75, 3.05) is 19.8 Å². The number of rotatable bonds is 7. The van der Waals surface area contributed by atoms with Gasteiger partial charge in [0.05, 0.1) is 15.6 Å². The summed E-state index contributed by atoms with van der Waals surface area (Å²) in [5, 5.41) is 6.49. The third-order valence-corrected chi connectivity index (χ3v) is 5.33. The van der Waals surface area contributed by atoms with Gasteiger partial charge in [-0.05, 0) is 42.2 Å². The lowest BCUT2D eigenvalue weighted by atomic mass is 10.0. The highest BCUT2D eigenvalue weighted by molar-refractivity contribution is 6.34. The first-order valence-corrected chi connectivity index (χ1v) is 10.5. The molecule has 2 N–H and O–H groups in total. The number of carbonyl (C=O) groups is 2. The van der Waals surface area contributed by atoms with Crippen LogP contribution >= 0.6 is 23.2 Å². The van der Waals surface area contributed by atoms with Gasteiger partial charge in [-0.15, -0.1) is 0 Å². The van der Waals surface area contributed by atoms with Crippen LogP contribution in [0.4, 0.5) is 0 Å². The van der Waals surface area contributed by atoms with Gasteiger partial charge in [0.25, 0.3) is 5.91 Å². The van der Waals surface area contributed by atoms with E-state index < -0.39 is 6.04 Å². The van der Waals surface area contributed by atoms with Crippen LogP contribution in [0.2, 0.25) is 10.0 Å². The van der Waals surface area contributed by atoms with Crippen molar-refractivity contribution in [1.29, 1.82) is 0 Å². The van der Waals surface area contributed by atoms with Gasteiger partial charge < -0.3 is 20.1 Å². The van der Waals surface area contributed by atoms with Crippen molar-refractivity contribution in [3.05, 3.63) is 57.6 Å². The predicted molar refractivity (Wildman–Crippen MR) is 117 cm³/mol. The van der Waals surface area contributed by atoms with Crippen molar-refractivity contribution < 1.29 is 19.1 Å². The molecule has 0 saturated carbocycles. The zero-order chi connectivity index (χ0) is 21.7. The fourth-order valence-corrected chi connectivity index (χ4v) is 3.66. The van der Waals surface area contributed by atoms with Gasteiger partial charge in [0, 0.05) is 6.54 Å². The van der Waals surface area contributed by atoms with E-state index in [9.17, 15) is 9.59 Å². The summed E-state index contributed by atoms with van der Waals surface area (Å²) >= 11 is 12.3. The lowest BCUT2D eigenvalue weighted by Gasteiger charge is -2.22. The van der Waals surface area contributed by atoms with Crippen LogP contribution in [0, 0.1) is 5.92 Å². The van der Waals surface area contributed by atoms with Crippen LogP contribution in [0.15, 0.2) is 36.4 Å². The molecule has 1 aliphatic heterocycles. The van der Waals surface area contributed by atoms with E-state index in [1.54, 1.807) is 30.3 Å². The highest BCUT2D eigenvalue weighted by Crippen LogP contribution is 2.38. The molecule has 1 atom stereocenters. The minimum absolute atomic E-state index is 0.0971. The summed E-state index contributed by atoms with van der Waals surface area (Å²) < 4.78 is 11.1. The van der Waals surface area contributed by atoms with E-state index >= 15 is 0 Å². The lowest BCUT2D eigenvalue weighted by Crippen LogP contribution is -2.50. The first kappa shape index (κ1) is 22.2. The monoisotopic (exact) mass is 450 g/mol. The summed E-state index contributed by atoms with van der Waals surface area (Å²) in [5.74, 6) is 0.433. The third kappa shape index (κ3) is 5.37. The SMILES string of the molecule is CC(C)[C@H](NC(=O)c1ccccc1Cl)C(=O)NCCc1cc(Cl)c2c(c1)OCCO2. The predicted octanol–water partition coefficient (Wildman–Crippen LogP) is 3.88. The molecule has 2 aromatic rings. The Labute approximate surface area is 185 Å². The average molecular weight is 451 g/mol. The van der Waals surface area contributed by atoms with Gasteiger partial charge in [-0.1, -0.05) is 49.2 Å². The fourth-order valence-electron chi connectivity index (χ4n) is 3.15. The maximum Gasteiger partial charge on any atom is 0.253 e.